The van der Waals surface area contributed by atoms with Crippen molar-refractivity contribution in [1.82, 2.24) is 4.90 Å². The van der Waals surface area contributed by atoms with Gasteiger partial charge >= 0.3 is 5.97 Å². The van der Waals surface area contributed by atoms with Crippen molar-refractivity contribution < 1.29 is 19.1 Å². The summed E-state index contributed by atoms with van der Waals surface area (Å²) < 4.78 is 5.90. The maximum atomic E-state index is 12.6. The van der Waals surface area contributed by atoms with E-state index in [1.54, 1.807) is 37.4 Å². The van der Waals surface area contributed by atoms with Crippen LogP contribution >= 0.6 is 11.8 Å². The minimum Gasteiger partial charge on any atom is -0.478 e. The van der Waals surface area contributed by atoms with Gasteiger partial charge in [0.25, 0.3) is 5.91 Å². The Morgan fingerprint density at radius 3 is 2.60 bits per heavy atom. The molecule has 0 atom stereocenters. The van der Waals surface area contributed by atoms with E-state index in [0.29, 0.717) is 21.6 Å². The molecule has 1 aromatic heterocycles. The molecule has 1 N–H and O–H groups in total. The Labute approximate surface area is 177 Å². The van der Waals surface area contributed by atoms with Crippen molar-refractivity contribution in [2.24, 2.45) is 4.99 Å². The molecule has 4 rings (SSSR count). The summed E-state index contributed by atoms with van der Waals surface area (Å²) in [6, 6.07) is 17.9. The Kier molecular flexibility index (Phi) is 5.29. The summed E-state index contributed by atoms with van der Waals surface area (Å²) in [4.78, 5) is 30.3. The third-order valence-corrected chi connectivity index (χ3v) is 5.68. The number of para-hydroxylation sites is 1. The van der Waals surface area contributed by atoms with Gasteiger partial charge in [0.2, 0.25) is 0 Å². The molecule has 2 aromatic carbocycles. The molecule has 30 heavy (non-hydrogen) atoms. The van der Waals surface area contributed by atoms with Gasteiger partial charge in [-0.3, -0.25) is 9.69 Å². The molecule has 1 amide bonds. The van der Waals surface area contributed by atoms with Crippen LogP contribution in [-0.2, 0) is 4.79 Å². The van der Waals surface area contributed by atoms with E-state index < -0.39 is 5.97 Å². The summed E-state index contributed by atoms with van der Waals surface area (Å²) in [5.41, 5.74) is 2.61. The summed E-state index contributed by atoms with van der Waals surface area (Å²) in [5.74, 6) is 0.0354. The highest BCUT2D eigenvalue weighted by Crippen LogP contribution is 2.34. The van der Waals surface area contributed by atoms with Crippen molar-refractivity contribution in [3.63, 3.8) is 0 Å². The average molecular weight is 418 g/mol. The van der Waals surface area contributed by atoms with Crippen LogP contribution < -0.4 is 0 Å². The number of hydrogen-bond acceptors (Lipinski definition) is 5. The molecule has 1 aliphatic heterocycles. The van der Waals surface area contributed by atoms with Crippen molar-refractivity contribution in [2.75, 3.05) is 7.05 Å². The molecule has 1 fully saturated rings. The number of furan rings is 1. The molecule has 6 nitrogen and oxygen atoms in total. The monoisotopic (exact) mass is 418 g/mol. The fourth-order valence-electron chi connectivity index (χ4n) is 3.04. The first-order valence-corrected chi connectivity index (χ1v) is 9.99. The number of likely N-dealkylation sites (N-methyl/N-ethyl adjacent to an activating group) is 1. The average Bonchev–Trinajstić information content (AvgIpc) is 3.29. The third kappa shape index (κ3) is 3.92. The Hall–Kier alpha value is -3.58. The lowest BCUT2D eigenvalue weighted by Crippen LogP contribution is -2.23. The second kappa shape index (κ2) is 8.04. The Balaban J connectivity index is 1.59. The highest BCUT2D eigenvalue weighted by molar-refractivity contribution is 8.18. The van der Waals surface area contributed by atoms with Gasteiger partial charge in [0.15, 0.2) is 5.17 Å². The number of rotatable bonds is 4. The first-order valence-electron chi connectivity index (χ1n) is 9.18. The van der Waals surface area contributed by atoms with Crippen molar-refractivity contribution in [3.05, 3.63) is 82.5 Å². The lowest BCUT2D eigenvalue weighted by atomic mass is 10.0. The zero-order chi connectivity index (χ0) is 21.3. The largest absolute Gasteiger partial charge is 0.478 e. The van der Waals surface area contributed by atoms with E-state index in [4.69, 9.17) is 9.52 Å². The van der Waals surface area contributed by atoms with Gasteiger partial charge in [-0.1, -0.05) is 24.3 Å². The molecule has 3 aromatic rings. The summed E-state index contributed by atoms with van der Waals surface area (Å²) in [6.45, 7) is 1.83. The fourth-order valence-corrected chi connectivity index (χ4v) is 4.01. The molecule has 0 radical (unpaired) electrons. The normalized spacial score (nSPS) is 16.6. The quantitative estimate of drug-likeness (QED) is 0.590. The second-order valence-electron chi connectivity index (χ2n) is 6.74. The molecule has 0 unspecified atom stereocenters. The van der Waals surface area contributed by atoms with Gasteiger partial charge in [0.05, 0.1) is 16.2 Å². The lowest BCUT2D eigenvalue weighted by Gasteiger charge is -2.06. The fraction of sp³-hybridized carbons (Fsp3) is 0.0870. The molecule has 1 saturated heterocycles. The first-order chi connectivity index (χ1) is 14.4. The summed E-state index contributed by atoms with van der Waals surface area (Å²) in [5, 5.41) is 9.72. The number of carbonyl (C=O) groups is 2. The molecule has 150 valence electrons. The number of carboxylic acids is 1. The molecule has 0 aliphatic carbocycles. The van der Waals surface area contributed by atoms with Gasteiger partial charge in [-0.15, -0.1) is 0 Å². The first kappa shape index (κ1) is 19.7. The van der Waals surface area contributed by atoms with Crippen LogP contribution in [0.3, 0.4) is 0 Å². The molecule has 0 spiro atoms. The van der Waals surface area contributed by atoms with E-state index in [-0.39, 0.29) is 11.5 Å². The van der Waals surface area contributed by atoms with Crippen molar-refractivity contribution in [3.8, 4) is 11.3 Å². The van der Waals surface area contributed by atoms with Crippen LogP contribution in [-0.4, -0.2) is 34.1 Å². The number of amidine groups is 1. The van der Waals surface area contributed by atoms with Crippen LogP contribution in [0.25, 0.3) is 17.4 Å². The molecule has 2 heterocycles. The van der Waals surface area contributed by atoms with Gasteiger partial charge < -0.3 is 9.52 Å². The van der Waals surface area contributed by atoms with Gasteiger partial charge in [0.1, 0.15) is 11.5 Å². The zero-order valence-corrected chi connectivity index (χ0v) is 17.1. The van der Waals surface area contributed by atoms with Crippen molar-refractivity contribution in [1.29, 1.82) is 0 Å². The maximum absolute atomic E-state index is 12.6. The number of carboxylic acid groups (broad SMARTS) is 1. The number of aromatic carboxylic acids is 1. The highest BCUT2D eigenvalue weighted by atomic mass is 32.2. The maximum Gasteiger partial charge on any atom is 0.335 e. The Bertz CT molecular complexity index is 1190. The molecular weight excluding hydrogens is 400 g/mol. The predicted molar refractivity (Wildman–Crippen MR) is 118 cm³/mol. The minimum absolute atomic E-state index is 0.144. The topological polar surface area (TPSA) is 83.1 Å². The van der Waals surface area contributed by atoms with E-state index >= 15 is 0 Å². The number of hydrogen-bond donors (Lipinski definition) is 1. The predicted octanol–water partition coefficient (Wildman–Crippen LogP) is 5.19. The number of aryl methyl sites for hydroxylation is 1. The van der Waals surface area contributed by atoms with E-state index in [0.717, 1.165) is 16.8 Å². The molecular formula is C23H18N2O4S. The SMILES string of the molecule is Cc1cc(C(=O)O)ccc1-c1ccc(/C=C2\SC(=Nc3ccccc3)N(C)C2=O)o1. The van der Waals surface area contributed by atoms with Crippen molar-refractivity contribution in [2.45, 2.75) is 6.92 Å². The van der Waals surface area contributed by atoms with Gasteiger partial charge in [-0.05, 0) is 60.6 Å². The third-order valence-electron chi connectivity index (χ3n) is 4.62. The Morgan fingerprint density at radius 1 is 1.13 bits per heavy atom. The number of benzene rings is 2. The van der Waals surface area contributed by atoms with E-state index in [1.165, 1.54) is 16.7 Å². The van der Waals surface area contributed by atoms with Crippen LogP contribution in [0, 0.1) is 6.92 Å². The minimum atomic E-state index is -0.969. The Morgan fingerprint density at radius 2 is 1.90 bits per heavy atom. The number of amides is 1. The van der Waals surface area contributed by atoms with Crippen LogP contribution in [0.1, 0.15) is 21.7 Å². The molecule has 0 saturated carbocycles. The van der Waals surface area contributed by atoms with Crippen LogP contribution in [0.5, 0.6) is 0 Å². The molecule has 7 heteroatoms. The van der Waals surface area contributed by atoms with E-state index in [9.17, 15) is 9.59 Å². The van der Waals surface area contributed by atoms with Crippen LogP contribution in [0.15, 0.2) is 75.0 Å². The molecule has 1 aliphatic rings. The number of carbonyl (C=O) groups excluding carboxylic acids is 1. The van der Waals surface area contributed by atoms with E-state index in [2.05, 4.69) is 4.99 Å². The summed E-state index contributed by atoms with van der Waals surface area (Å²) >= 11 is 1.29. The number of aliphatic imine (C=N–C) groups is 1. The van der Waals surface area contributed by atoms with Crippen LogP contribution in [0.4, 0.5) is 5.69 Å². The summed E-state index contributed by atoms with van der Waals surface area (Å²) in [6.07, 6.45) is 1.70. The highest BCUT2D eigenvalue weighted by Gasteiger charge is 2.30. The van der Waals surface area contributed by atoms with Crippen molar-refractivity contribution >= 4 is 40.6 Å². The zero-order valence-electron chi connectivity index (χ0n) is 16.3. The summed E-state index contributed by atoms with van der Waals surface area (Å²) in [7, 11) is 1.69. The smallest absolute Gasteiger partial charge is 0.335 e. The van der Waals surface area contributed by atoms with Crippen LogP contribution in [0.2, 0.25) is 0 Å². The number of thioether (sulfide) groups is 1. The number of nitrogens with zero attached hydrogens (tertiary/aromatic N) is 2. The molecule has 0 bridgehead atoms. The second-order valence-corrected chi connectivity index (χ2v) is 7.75. The van der Waals surface area contributed by atoms with Gasteiger partial charge in [-0.2, -0.15) is 0 Å². The van der Waals surface area contributed by atoms with Gasteiger partial charge in [0, 0.05) is 18.7 Å². The van der Waals surface area contributed by atoms with Gasteiger partial charge in [-0.25, -0.2) is 9.79 Å². The van der Waals surface area contributed by atoms with E-state index in [1.807, 2.05) is 43.3 Å². The standard InChI is InChI=1S/C23H18N2O4S/c1-14-12-15(22(27)28)8-10-18(14)19-11-9-17(29-19)13-20-21(26)25(2)23(30-20)24-16-6-4-3-5-7-16/h3-13H,1-2H3,(H,27,28)/b20-13-,24-23?. The lowest BCUT2D eigenvalue weighted by molar-refractivity contribution is -0.121.